The summed E-state index contributed by atoms with van der Waals surface area (Å²) in [5.41, 5.74) is 15.6. The monoisotopic (exact) mass is 534 g/mol. The van der Waals surface area contributed by atoms with Crippen molar-refractivity contribution in [2.75, 3.05) is 43.6 Å². The minimum absolute atomic E-state index is 0.212. The highest BCUT2D eigenvalue weighted by Crippen LogP contribution is 2.25. The molecule has 0 aliphatic heterocycles. The third-order valence-corrected chi connectivity index (χ3v) is 5.42. The third-order valence-electron chi connectivity index (χ3n) is 5.42. The molecule has 6 N–H and O–H groups in total. The predicted octanol–water partition coefficient (Wildman–Crippen LogP) is 6.47. The van der Waals surface area contributed by atoms with Crippen molar-refractivity contribution in [1.29, 1.82) is 0 Å². The van der Waals surface area contributed by atoms with Crippen LogP contribution in [0, 0.1) is 0 Å². The second kappa shape index (κ2) is 18.3. The van der Waals surface area contributed by atoms with Gasteiger partial charge in [0.1, 0.15) is 12.4 Å². The smallest absolute Gasteiger partial charge is 0.255 e. The Labute approximate surface area is 234 Å². The number of benzene rings is 2. The molecule has 0 spiro atoms. The van der Waals surface area contributed by atoms with E-state index in [-0.39, 0.29) is 11.7 Å². The molecular weight excluding hydrogens is 488 g/mol. The van der Waals surface area contributed by atoms with E-state index in [0.717, 1.165) is 29.8 Å². The van der Waals surface area contributed by atoms with Crippen molar-refractivity contribution in [3.8, 4) is 0 Å². The largest absolute Gasteiger partial charge is 0.478 e. The van der Waals surface area contributed by atoms with Crippen LogP contribution in [0.15, 0.2) is 77.9 Å². The van der Waals surface area contributed by atoms with Crippen LogP contribution in [-0.4, -0.2) is 44.3 Å². The van der Waals surface area contributed by atoms with Crippen LogP contribution < -0.4 is 22.1 Å². The van der Waals surface area contributed by atoms with E-state index in [1.807, 2.05) is 58.3 Å². The van der Waals surface area contributed by atoms with Crippen LogP contribution >= 0.6 is 0 Å². The molecule has 0 aliphatic carbocycles. The quantitative estimate of drug-likeness (QED) is 0.133. The summed E-state index contributed by atoms with van der Waals surface area (Å²) in [4.78, 5) is 19.0. The van der Waals surface area contributed by atoms with E-state index in [4.69, 9.17) is 16.2 Å². The average Bonchev–Trinajstić information content (AvgIpc) is 2.91. The number of nitrogens with two attached hydrogens (primary N) is 2. The summed E-state index contributed by atoms with van der Waals surface area (Å²) in [6, 6.07) is 12.6. The fraction of sp³-hybridized carbons (Fsp3) is 0.355. The number of hydrogen-bond acceptors (Lipinski definition) is 7. The van der Waals surface area contributed by atoms with Gasteiger partial charge in [-0.1, -0.05) is 52.3 Å². The maximum absolute atomic E-state index is 12.9. The normalized spacial score (nSPS) is 11.7. The summed E-state index contributed by atoms with van der Waals surface area (Å²) in [5.74, 6) is 0.638. The molecule has 2 aromatic carbocycles. The summed E-state index contributed by atoms with van der Waals surface area (Å²) in [6.07, 6.45) is 8.98. The van der Waals surface area contributed by atoms with Crippen LogP contribution in [0.5, 0.6) is 0 Å². The van der Waals surface area contributed by atoms with E-state index < -0.39 is 0 Å². The number of allylic oxidation sites excluding steroid dienone is 3. The molecule has 0 bridgehead atoms. The number of carbonyl (C=O) groups is 1. The second-order valence-corrected chi connectivity index (χ2v) is 9.08. The van der Waals surface area contributed by atoms with Crippen LogP contribution in [-0.2, 0) is 4.74 Å². The van der Waals surface area contributed by atoms with Gasteiger partial charge in [0.15, 0.2) is 5.88 Å². The number of carbonyl (C=O) groups excluding carboxylic acids is 1. The highest BCUT2D eigenvalue weighted by molar-refractivity contribution is 6.11. The van der Waals surface area contributed by atoms with Crippen molar-refractivity contribution in [3.05, 3.63) is 84.0 Å². The molecular formula is C31H46N6O2. The molecule has 0 fully saturated rings. The molecule has 0 saturated heterocycles. The first-order chi connectivity index (χ1) is 18.6. The molecule has 8 heteroatoms. The summed E-state index contributed by atoms with van der Waals surface area (Å²) in [7, 11) is 4.00. The number of likely N-dealkylation sites (N-methyl/N-ethyl adjacent to an activating group) is 1. The molecule has 8 nitrogen and oxygen atoms in total. The van der Waals surface area contributed by atoms with E-state index in [1.165, 1.54) is 12.8 Å². The SMILES string of the molecule is C=C(N)/N=C\C(=C/C)c1ccc(N)c(NC(=O)c2ccc(N/C(=C/CC)OCCN(C)C)cc2)c1.CCCC. The van der Waals surface area contributed by atoms with Gasteiger partial charge in [-0.3, -0.25) is 4.79 Å². The van der Waals surface area contributed by atoms with Gasteiger partial charge in [-0.05, 0) is 81.1 Å². The number of hydrogen-bond donors (Lipinski definition) is 4. The Morgan fingerprint density at radius 1 is 1.05 bits per heavy atom. The van der Waals surface area contributed by atoms with Crippen molar-refractivity contribution in [1.82, 2.24) is 4.90 Å². The van der Waals surface area contributed by atoms with Gasteiger partial charge in [0, 0.05) is 24.0 Å². The Bertz CT molecular complexity index is 1130. The number of nitrogen functional groups attached to an aromatic ring is 1. The van der Waals surface area contributed by atoms with Gasteiger partial charge in [0.25, 0.3) is 5.91 Å². The number of aliphatic imine (C=N–C) groups is 1. The minimum Gasteiger partial charge on any atom is -0.478 e. The second-order valence-electron chi connectivity index (χ2n) is 9.08. The van der Waals surface area contributed by atoms with Gasteiger partial charge in [-0.25, -0.2) is 4.99 Å². The lowest BCUT2D eigenvalue weighted by molar-refractivity contribution is 0.102. The average molecular weight is 535 g/mol. The first-order valence-corrected chi connectivity index (χ1v) is 13.4. The lowest BCUT2D eigenvalue weighted by Gasteiger charge is -2.15. The van der Waals surface area contributed by atoms with E-state index in [9.17, 15) is 4.79 Å². The molecule has 0 unspecified atom stereocenters. The summed E-state index contributed by atoms with van der Waals surface area (Å²) >= 11 is 0. The number of nitrogens with zero attached hydrogens (tertiary/aromatic N) is 2. The fourth-order valence-electron chi connectivity index (χ4n) is 3.02. The minimum atomic E-state index is -0.266. The number of rotatable bonds is 13. The standard InChI is InChI=1S/C27H36N6O2.C4H10/c1-6-8-26(35-16-15-33(4)5)31-23-12-9-21(10-13-23)27(34)32-25-17-22(11-14-24(25)29)20(7-2)18-30-19(3)28;1-3-4-2/h7-14,17-18,31H,3,6,15-16,28-29H2,1-2,4-5H3,(H,32,34);3-4H2,1-2H3/b20-7+,26-8-,30-18-;. The number of ether oxygens (including phenoxy) is 1. The lowest BCUT2D eigenvalue weighted by atomic mass is 10.0. The summed E-state index contributed by atoms with van der Waals surface area (Å²) in [5, 5.41) is 6.15. The van der Waals surface area contributed by atoms with E-state index in [2.05, 4.69) is 41.0 Å². The van der Waals surface area contributed by atoms with Crippen molar-refractivity contribution in [2.45, 2.75) is 47.0 Å². The summed E-state index contributed by atoms with van der Waals surface area (Å²) < 4.78 is 5.83. The molecule has 0 saturated carbocycles. The van der Waals surface area contributed by atoms with Gasteiger partial charge in [-0.2, -0.15) is 0 Å². The molecule has 0 atom stereocenters. The molecule has 0 heterocycles. The van der Waals surface area contributed by atoms with Gasteiger partial charge < -0.3 is 31.7 Å². The van der Waals surface area contributed by atoms with E-state index in [1.54, 1.807) is 30.5 Å². The highest BCUT2D eigenvalue weighted by Gasteiger charge is 2.11. The highest BCUT2D eigenvalue weighted by atomic mass is 16.5. The molecule has 212 valence electrons. The van der Waals surface area contributed by atoms with Crippen molar-refractivity contribution in [3.63, 3.8) is 0 Å². The topological polar surface area (TPSA) is 118 Å². The Balaban J connectivity index is 0.00000177. The first kappa shape index (κ1) is 33.0. The van der Waals surface area contributed by atoms with Gasteiger partial charge in [0.2, 0.25) is 0 Å². The number of anilines is 3. The first-order valence-electron chi connectivity index (χ1n) is 13.4. The van der Waals surface area contributed by atoms with Crippen LogP contribution in [0.25, 0.3) is 5.57 Å². The molecule has 2 aromatic rings. The molecule has 0 radical (unpaired) electrons. The zero-order valence-electron chi connectivity index (χ0n) is 24.4. The number of nitrogens with one attached hydrogen (secondary N) is 2. The van der Waals surface area contributed by atoms with Crippen LogP contribution in [0.1, 0.15) is 62.9 Å². The Morgan fingerprint density at radius 3 is 2.23 bits per heavy atom. The fourth-order valence-corrected chi connectivity index (χ4v) is 3.02. The van der Waals surface area contributed by atoms with Crippen LogP contribution in [0.2, 0.25) is 0 Å². The number of amides is 1. The zero-order chi connectivity index (χ0) is 29.2. The molecule has 1 amide bonds. The number of unbranched alkanes of at least 4 members (excludes halogenated alkanes) is 1. The van der Waals surface area contributed by atoms with Gasteiger partial charge >= 0.3 is 0 Å². The lowest BCUT2D eigenvalue weighted by Crippen LogP contribution is -2.19. The molecule has 2 rings (SSSR count). The van der Waals surface area contributed by atoms with Gasteiger partial charge in [-0.15, -0.1) is 0 Å². The van der Waals surface area contributed by atoms with Crippen molar-refractivity contribution < 1.29 is 9.53 Å². The molecule has 0 aromatic heterocycles. The maximum Gasteiger partial charge on any atom is 0.255 e. The van der Waals surface area contributed by atoms with Crippen molar-refractivity contribution in [2.24, 2.45) is 10.7 Å². The van der Waals surface area contributed by atoms with Gasteiger partial charge in [0.05, 0.1) is 11.4 Å². The van der Waals surface area contributed by atoms with Crippen LogP contribution in [0.3, 0.4) is 0 Å². The van der Waals surface area contributed by atoms with E-state index >= 15 is 0 Å². The predicted molar refractivity (Wildman–Crippen MR) is 168 cm³/mol. The Morgan fingerprint density at radius 2 is 1.69 bits per heavy atom. The summed E-state index contributed by atoms with van der Waals surface area (Å²) in [6.45, 7) is 13.3. The van der Waals surface area contributed by atoms with Crippen molar-refractivity contribution >= 4 is 34.8 Å². The molecule has 39 heavy (non-hydrogen) atoms. The maximum atomic E-state index is 12.9. The Kier molecular flexibility index (Phi) is 15.4. The zero-order valence-corrected chi connectivity index (χ0v) is 24.4. The Hall–Kier alpha value is -4.04. The van der Waals surface area contributed by atoms with Crippen LogP contribution in [0.4, 0.5) is 17.1 Å². The third kappa shape index (κ3) is 12.8. The van der Waals surface area contributed by atoms with E-state index in [0.29, 0.717) is 29.4 Å². The molecule has 0 aliphatic rings.